The summed E-state index contributed by atoms with van der Waals surface area (Å²) >= 11 is 6.17. The predicted molar refractivity (Wildman–Crippen MR) is 111 cm³/mol. The number of sulfonamides is 1. The van der Waals surface area contributed by atoms with Crippen LogP contribution in [-0.4, -0.2) is 45.3 Å². The number of anilines is 1. The van der Waals surface area contributed by atoms with Gasteiger partial charge in [0.05, 0.1) is 15.5 Å². The molecule has 3 rings (SSSR count). The van der Waals surface area contributed by atoms with Crippen molar-refractivity contribution in [3.8, 4) is 0 Å². The molecule has 2 amide bonds. The molecule has 0 bridgehead atoms. The molecule has 30 heavy (non-hydrogen) atoms. The Morgan fingerprint density at radius 2 is 1.73 bits per heavy atom. The fraction of sp³-hybridized carbons (Fsp3) is 0.300. The maximum Gasteiger partial charge on any atom is 0.261 e. The average molecular weight is 454 g/mol. The van der Waals surface area contributed by atoms with Crippen LogP contribution in [0.1, 0.15) is 23.2 Å². The van der Waals surface area contributed by atoms with E-state index in [2.05, 4.69) is 10.0 Å². The van der Waals surface area contributed by atoms with Gasteiger partial charge in [-0.05, 0) is 55.3 Å². The van der Waals surface area contributed by atoms with Crippen LogP contribution in [0.15, 0.2) is 47.4 Å². The normalized spacial score (nSPS) is 15.0. The monoisotopic (exact) mass is 453 g/mol. The van der Waals surface area contributed by atoms with E-state index in [0.29, 0.717) is 25.9 Å². The number of benzene rings is 2. The summed E-state index contributed by atoms with van der Waals surface area (Å²) in [5, 5.41) is 2.74. The molecular weight excluding hydrogens is 433 g/mol. The number of piperidine rings is 1. The number of carbonyl (C=O) groups excluding carboxylic acids is 2. The Balaban J connectivity index is 1.78. The van der Waals surface area contributed by atoms with Crippen molar-refractivity contribution in [1.29, 1.82) is 0 Å². The molecule has 0 aromatic heterocycles. The first kappa shape index (κ1) is 22.0. The minimum atomic E-state index is -4.01. The van der Waals surface area contributed by atoms with Gasteiger partial charge in [0, 0.05) is 31.7 Å². The molecule has 1 fully saturated rings. The van der Waals surface area contributed by atoms with E-state index in [9.17, 15) is 22.4 Å². The number of hydrogen-bond donors (Lipinski definition) is 2. The van der Waals surface area contributed by atoms with Gasteiger partial charge < -0.3 is 10.2 Å². The van der Waals surface area contributed by atoms with Crippen LogP contribution in [0.5, 0.6) is 0 Å². The number of hydrogen-bond acceptors (Lipinski definition) is 4. The largest absolute Gasteiger partial charge is 0.359 e. The maximum absolute atomic E-state index is 13.0. The minimum Gasteiger partial charge on any atom is -0.359 e. The zero-order valence-electron chi connectivity index (χ0n) is 16.2. The van der Waals surface area contributed by atoms with E-state index in [1.54, 1.807) is 11.9 Å². The van der Waals surface area contributed by atoms with Gasteiger partial charge in [0.25, 0.3) is 15.9 Å². The van der Waals surface area contributed by atoms with Crippen LogP contribution in [0.25, 0.3) is 0 Å². The Labute approximate surface area is 179 Å². The van der Waals surface area contributed by atoms with Crippen LogP contribution < -0.4 is 10.0 Å². The molecule has 7 nitrogen and oxygen atoms in total. The Hall–Kier alpha value is -2.65. The third kappa shape index (κ3) is 4.91. The quantitative estimate of drug-likeness (QED) is 0.727. The molecule has 2 aromatic rings. The second-order valence-corrected chi connectivity index (χ2v) is 9.02. The van der Waals surface area contributed by atoms with Crippen LogP contribution in [-0.2, 0) is 14.8 Å². The highest BCUT2D eigenvalue weighted by Gasteiger charge is 2.29. The Kier molecular flexibility index (Phi) is 6.62. The van der Waals surface area contributed by atoms with Crippen LogP contribution in [0.4, 0.5) is 10.1 Å². The molecule has 0 spiro atoms. The van der Waals surface area contributed by atoms with Crippen molar-refractivity contribution in [2.45, 2.75) is 17.7 Å². The Morgan fingerprint density at radius 1 is 1.10 bits per heavy atom. The summed E-state index contributed by atoms with van der Waals surface area (Å²) in [6.07, 6.45) is 1.04. The van der Waals surface area contributed by atoms with Crippen molar-refractivity contribution in [1.82, 2.24) is 10.2 Å². The maximum atomic E-state index is 13.0. The van der Waals surface area contributed by atoms with Crippen LogP contribution in [0, 0.1) is 11.7 Å². The highest BCUT2D eigenvalue weighted by Crippen LogP contribution is 2.26. The third-order valence-electron chi connectivity index (χ3n) is 4.97. The summed E-state index contributed by atoms with van der Waals surface area (Å²) in [6.45, 7) is 0.746. The number of rotatable bonds is 5. The molecule has 2 aromatic carbocycles. The molecule has 1 aliphatic rings. The number of likely N-dealkylation sites (tertiary alicyclic amines) is 1. The molecule has 0 atom stereocenters. The van der Waals surface area contributed by atoms with Crippen molar-refractivity contribution in [2.24, 2.45) is 5.92 Å². The first-order valence-corrected chi connectivity index (χ1v) is 11.2. The smallest absolute Gasteiger partial charge is 0.261 e. The highest BCUT2D eigenvalue weighted by atomic mass is 35.5. The van der Waals surface area contributed by atoms with Crippen molar-refractivity contribution in [3.63, 3.8) is 0 Å². The summed E-state index contributed by atoms with van der Waals surface area (Å²) < 4.78 is 40.7. The molecule has 1 saturated heterocycles. The molecule has 0 unspecified atom stereocenters. The van der Waals surface area contributed by atoms with Gasteiger partial charge in [-0.15, -0.1) is 0 Å². The third-order valence-corrected chi connectivity index (χ3v) is 6.68. The molecule has 0 radical (unpaired) electrons. The van der Waals surface area contributed by atoms with Gasteiger partial charge in [-0.2, -0.15) is 0 Å². The lowest BCUT2D eigenvalue weighted by Crippen LogP contribution is -2.42. The summed E-state index contributed by atoms with van der Waals surface area (Å²) in [4.78, 5) is 26.1. The fourth-order valence-electron chi connectivity index (χ4n) is 3.29. The number of halogens is 2. The summed E-state index contributed by atoms with van der Waals surface area (Å²) in [6, 6.07) is 8.74. The van der Waals surface area contributed by atoms with E-state index in [1.807, 2.05) is 0 Å². The minimum absolute atomic E-state index is 0.0555. The lowest BCUT2D eigenvalue weighted by Gasteiger charge is -2.31. The highest BCUT2D eigenvalue weighted by molar-refractivity contribution is 7.92. The molecule has 0 aliphatic carbocycles. The van der Waals surface area contributed by atoms with Gasteiger partial charge >= 0.3 is 0 Å². The molecule has 1 heterocycles. The van der Waals surface area contributed by atoms with Gasteiger partial charge in [-0.1, -0.05) is 11.6 Å². The number of carbonyl (C=O) groups is 2. The van der Waals surface area contributed by atoms with E-state index in [4.69, 9.17) is 11.6 Å². The molecule has 1 aliphatic heterocycles. The van der Waals surface area contributed by atoms with E-state index in [1.165, 1.54) is 30.3 Å². The number of amides is 2. The number of nitrogens with zero attached hydrogens (tertiary/aromatic N) is 1. The van der Waals surface area contributed by atoms with Gasteiger partial charge in [0.1, 0.15) is 5.82 Å². The van der Waals surface area contributed by atoms with Crippen molar-refractivity contribution in [2.75, 3.05) is 24.9 Å². The second kappa shape index (κ2) is 9.01. The summed E-state index contributed by atoms with van der Waals surface area (Å²) in [5.74, 6) is -1.09. The van der Waals surface area contributed by atoms with E-state index >= 15 is 0 Å². The van der Waals surface area contributed by atoms with E-state index in [0.717, 1.165) is 12.1 Å². The lowest BCUT2D eigenvalue weighted by atomic mass is 9.95. The SMILES string of the molecule is CNC(=O)C1CCN(C(=O)c2cc(S(=O)(=O)Nc3ccc(F)cc3)ccc2Cl)CC1. The molecule has 160 valence electrons. The summed E-state index contributed by atoms with van der Waals surface area (Å²) in [5.41, 5.74) is 0.257. The van der Waals surface area contributed by atoms with E-state index in [-0.39, 0.29) is 33.0 Å². The van der Waals surface area contributed by atoms with Gasteiger partial charge in [-0.25, -0.2) is 12.8 Å². The van der Waals surface area contributed by atoms with Crippen LogP contribution in [0.2, 0.25) is 5.02 Å². The second-order valence-electron chi connectivity index (χ2n) is 6.93. The number of nitrogens with one attached hydrogen (secondary N) is 2. The van der Waals surface area contributed by atoms with Crippen molar-refractivity contribution in [3.05, 3.63) is 58.9 Å². The summed E-state index contributed by atoms with van der Waals surface area (Å²) in [7, 11) is -2.43. The zero-order chi connectivity index (χ0) is 21.9. The van der Waals surface area contributed by atoms with Crippen molar-refractivity contribution < 1.29 is 22.4 Å². The van der Waals surface area contributed by atoms with Crippen molar-refractivity contribution >= 4 is 39.1 Å². The van der Waals surface area contributed by atoms with Gasteiger partial charge in [0.2, 0.25) is 5.91 Å². The first-order chi connectivity index (χ1) is 14.2. The standard InChI is InChI=1S/C20H21ClFN3O4S/c1-23-19(26)13-8-10-25(11-9-13)20(27)17-12-16(6-7-18(17)21)30(28,29)24-15-4-2-14(22)3-5-15/h2-7,12-13,24H,8-11H2,1H3,(H,23,26). The van der Waals surface area contributed by atoms with Crippen LogP contribution in [0.3, 0.4) is 0 Å². The molecule has 10 heteroatoms. The van der Waals surface area contributed by atoms with Gasteiger partial charge in [0.15, 0.2) is 0 Å². The van der Waals surface area contributed by atoms with E-state index < -0.39 is 21.7 Å². The Morgan fingerprint density at radius 3 is 2.33 bits per heavy atom. The first-order valence-electron chi connectivity index (χ1n) is 9.30. The molecule has 0 saturated carbocycles. The molecule has 2 N–H and O–H groups in total. The van der Waals surface area contributed by atoms with Gasteiger partial charge in [-0.3, -0.25) is 14.3 Å². The zero-order valence-corrected chi connectivity index (χ0v) is 17.8. The fourth-order valence-corrected chi connectivity index (χ4v) is 4.57. The predicted octanol–water partition coefficient (Wildman–Crippen LogP) is 2.88. The Bertz CT molecular complexity index is 1050. The van der Waals surface area contributed by atoms with Crippen LogP contribution >= 0.6 is 11.6 Å². The lowest BCUT2D eigenvalue weighted by molar-refractivity contribution is -0.125. The molecular formula is C20H21ClFN3O4S. The average Bonchev–Trinajstić information content (AvgIpc) is 2.74. The topological polar surface area (TPSA) is 95.6 Å².